The van der Waals surface area contributed by atoms with Gasteiger partial charge in [0.25, 0.3) is 11.7 Å². The Morgan fingerprint density at radius 2 is 2.10 bits per heavy atom. The number of fused-ring (bicyclic) bond motifs is 1. The van der Waals surface area contributed by atoms with Gasteiger partial charge in [0.15, 0.2) is 0 Å². The van der Waals surface area contributed by atoms with Crippen LogP contribution in [0.2, 0.25) is 5.02 Å². The first-order valence-corrected chi connectivity index (χ1v) is 6.32. The Morgan fingerprint density at radius 3 is 2.76 bits per heavy atom. The molecule has 3 rings (SSSR count). The summed E-state index contributed by atoms with van der Waals surface area (Å²) >= 11 is 6.05. The van der Waals surface area contributed by atoms with E-state index in [0.717, 1.165) is 6.26 Å². The lowest BCUT2D eigenvalue weighted by Gasteiger charge is -2.15. The van der Waals surface area contributed by atoms with Crippen molar-refractivity contribution in [2.24, 2.45) is 0 Å². The molecule has 106 valence electrons. The Bertz CT molecular complexity index is 779. The topological polar surface area (TPSA) is 87.8 Å². The molecule has 7 heteroatoms. The number of ketones is 1. The van der Waals surface area contributed by atoms with Crippen molar-refractivity contribution in [3.8, 4) is 0 Å². The first-order chi connectivity index (χ1) is 9.99. The van der Waals surface area contributed by atoms with E-state index in [1.54, 1.807) is 12.1 Å². The van der Waals surface area contributed by atoms with Crippen molar-refractivity contribution in [2.45, 2.75) is 6.54 Å². The van der Waals surface area contributed by atoms with Crippen LogP contribution in [0.4, 0.5) is 5.69 Å². The van der Waals surface area contributed by atoms with Gasteiger partial charge in [-0.1, -0.05) is 17.7 Å². The summed E-state index contributed by atoms with van der Waals surface area (Å²) in [6, 6.07) is 5.98. The van der Waals surface area contributed by atoms with Crippen molar-refractivity contribution in [3.05, 3.63) is 52.4 Å². The van der Waals surface area contributed by atoms with Crippen LogP contribution in [-0.4, -0.2) is 22.8 Å². The number of carbonyl (C=O) groups excluding carboxylic acids is 2. The fraction of sp³-hybridized carbons (Fsp3) is 0.0714. The maximum atomic E-state index is 12.0. The Hall–Kier alpha value is -2.60. The third-order valence-corrected chi connectivity index (χ3v) is 3.46. The SMILES string of the molecule is O=C(O)c1coc(CN2C(=O)C(=O)c3cccc(Cl)c32)c1. The van der Waals surface area contributed by atoms with E-state index in [1.807, 2.05) is 0 Å². The number of benzene rings is 1. The van der Waals surface area contributed by atoms with E-state index in [4.69, 9.17) is 21.1 Å². The van der Waals surface area contributed by atoms with Crippen LogP contribution >= 0.6 is 11.6 Å². The van der Waals surface area contributed by atoms with Crippen molar-refractivity contribution in [3.63, 3.8) is 0 Å². The quantitative estimate of drug-likeness (QED) is 0.879. The number of hydrogen-bond donors (Lipinski definition) is 1. The summed E-state index contributed by atoms with van der Waals surface area (Å²) in [5.41, 5.74) is 0.530. The third-order valence-electron chi connectivity index (χ3n) is 3.16. The van der Waals surface area contributed by atoms with Gasteiger partial charge in [-0.3, -0.25) is 14.5 Å². The fourth-order valence-electron chi connectivity index (χ4n) is 2.19. The van der Waals surface area contributed by atoms with Gasteiger partial charge in [-0.15, -0.1) is 0 Å². The van der Waals surface area contributed by atoms with Gasteiger partial charge in [-0.2, -0.15) is 0 Å². The van der Waals surface area contributed by atoms with Crippen LogP contribution in [-0.2, 0) is 11.3 Å². The smallest absolute Gasteiger partial charge is 0.338 e. The predicted octanol–water partition coefficient (Wildman–Crippen LogP) is 2.36. The van der Waals surface area contributed by atoms with E-state index in [2.05, 4.69) is 0 Å². The van der Waals surface area contributed by atoms with Gasteiger partial charge in [-0.05, 0) is 18.2 Å². The number of nitrogens with zero attached hydrogens (tertiary/aromatic N) is 1. The highest BCUT2D eigenvalue weighted by atomic mass is 35.5. The van der Waals surface area contributed by atoms with Crippen LogP contribution in [0, 0.1) is 0 Å². The number of carbonyl (C=O) groups is 3. The summed E-state index contributed by atoms with van der Waals surface area (Å²) < 4.78 is 5.10. The third kappa shape index (κ3) is 2.09. The van der Waals surface area contributed by atoms with Crippen molar-refractivity contribution in [1.29, 1.82) is 0 Å². The summed E-state index contributed by atoms with van der Waals surface area (Å²) in [6.07, 6.45) is 1.08. The molecule has 21 heavy (non-hydrogen) atoms. The minimum Gasteiger partial charge on any atom is -0.478 e. The van der Waals surface area contributed by atoms with Gasteiger partial charge in [0.05, 0.1) is 28.4 Å². The Morgan fingerprint density at radius 1 is 1.33 bits per heavy atom. The molecule has 2 aromatic rings. The zero-order chi connectivity index (χ0) is 15.1. The molecule has 1 N–H and O–H groups in total. The molecule has 0 aliphatic carbocycles. The van der Waals surface area contributed by atoms with Crippen molar-refractivity contribution in [1.82, 2.24) is 0 Å². The Balaban J connectivity index is 1.98. The van der Waals surface area contributed by atoms with Gasteiger partial charge in [-0.25, -0.2) is 4.79 Å². The maximum Gasteiger partial charge on any atom is 0.338 e. The molecule has 1 aliphatic rings. The number of carboxylic acids is 1. The minimum atomic E-state index is -1.13. The van der Waals surface area contributed by atoms with Crippen molar-refractivity contribution < 1.29 is 23.9 Å². The summed E-state index contributed by atoms with van der Waals surface area (Å²) in [5, 5.41) is 9.11. The zero-order valence-electron chi connectivity index (χ0n) is 10.5. The molecule has 0 radical (unpaired) electrons. The summed E-state index contributed by atoms with van der Waals surface area (Å²) in [4.78, 5) is 35.9. The lowest BCUT2D eigenvalue weighted by atomic mass is 10.1. The standard InChI is InChI=1S/C14H8ClNO5/c15-10-3-1-2-9-11(10)16(13(18)12(9)17)5-8-4-7(6-21-8)14(19)20/h1-4,6H,5H2,(H,19,20). The molecule has 0 spiro atoms. The molecule has 1 aromatic carbocycles. The van der Waals surface area contributed by atoms with Crippen molar-refractivity contribution >= 4 is 34.9 Å². The fourth-order valence-corrected chi connectivity index (χ4v) is 2.47. The molecular weight excluding hydrogens is 298 g/mol. The van der Waals surface area contributed by atoms with Crippen LogP contribution in [0.1, 0.15) is 26.5 Å². The average Bonchev–Trinajstić information content (AvgIpc) is 3.00. The molecule has 0 saturated heterocycles. The first kappa shape index (κ1) is 13.4. The van der Waals surface area contributed by atoms with Gasteiger partial charge >= 0.3 is 5.97 Å². The van der Waals surface area contributed by atoms with Crippen LogP contribution < -0.4 is 4.90 Å². The van der Waals surface area contributed by atoms with Gasteiger partial charge in [0, 0.05) is 0 Å². The Labute approximate surface area is 123 Å². The molecule has 0 bridgehead atoms. The van der Waals surface area contributed by atoms with Crippen molar-refractivity contribution in [2.75, 3.05) is 4.90 Å². The second-order valence-electron chi connectivity index (χ2n) is 4.46. The van der Waals surface area contributed by atoms with Crippen LogP contribution in [0.3, 0.4) is 0 Å². The number of aromatic carboxylic acids is 1. The molecule has 1 amide bonds. The summed E-state index contributed by atoms with van der Waals surface area (Å²) in [5.74, 6) is -2.24. The largest absolute Gasteiger partial charge is 0.478 e. The van der Waals surface area contributed by atoms with E-state index in [0.29, 0.717) is 5.69 Å². The molecule has 6 nitrogen and oxygen atoms in total. The maximum absolute atomic E-state index is 12.0. The number of para-hydroxylation sites is 1. The molecule has 1 aromatic heterocycles. The van der Waals surface area contributed by atoms with E-state index in [9.17, 15) is 14.4 Å². The average molecular weight is 306 g/mol. The highest BCUT2D eigenvalue weighted by Gasteiger charge is 2.37. The van der Waals surface area contributed by atoms with E-state index < -0.39 is 17.7 Å². The number of furan rings is 1. The normalized spacial score (nSPS) is 13.7. The van der Waals surface area contributed by atoms with Crippen LogP contribution in [0.5, 0.6) is 0 Å². The molecular formula is C14H8ClNO5. The lowest BCUT2D eigenvalue weighted by Crippen LogP contribution is -2.29. The lowest BCUT2D eigenvalue weighted by molar-refractivity contribution is -0.114. The van der Waals surface area contributed by atoms with Gasteiger partial charge in [0.2, 0.25) is 0 Å². The number of Topliss-reactive ketones (excluding diaryl/α,β-unsaturated/α-hetero) is 1. The molecule has 1 aliphatic heterocycles. The number of carboxylic acid groups (broad SMARTS) is 1. The summed E-state index contributed by atoms with van der Waals surface area (Å²) in [7, 11) is 0. The van der Waals surface area contributed by atoms with E-state index in [1.165, 1.54) is 17.0 Å². The minimum absolute atomic E-state index is 0.0256. The number of hydrogen-bond acceptors (Lipinski definition) is 4. The molecule has 0 unspecified atom stereocenters. The molecule has 0 atom stereocenters. The highest BCUT2D eigenvalue weighted by molar-refractivity contribution is 6.54. The first-order valence-electron chi connectivity index (χ1n) is 5.94. The monoisotopic (exact) mass is 305 g/mol. The zero-order valence-corrected chi connectivity index (χ0v) is 11.3. The van der Waals surface area contributed by atoms with Crippen LogP contribution in [0.25, 0.3) is 0 Å². The number of anilines is 1. The predicted molar refractivity (Wildman–Crippen MR) is 72.6 cm³/mol. The van der Waals surface area contributed by atoms with Crippen LogP contribution in [0.15, 0.2) is 34.9 Å². The molecule has 0 saturated carbocycles. The number of halogens is 1. The highest BCUT2D eigenvalue weighted by Crippen LogP contribution is 2.36. The van der Waals surface area contributed by atoms with E-state index >= 15 is 0 Å². The van der Waals surface area contributed by atoms with Gasteiger partial charge in [0.1, 0.15) is 12.0 Å². The summed E-state index contributed by atoms with van der Waals surface area (Å²) in [6.45, 7) is -0.0609. The second kappa shape index (κ2) is 4.75. The van der Waals surface area contributed by atoms with Gasteiger partial charge < -0.3 is 9.52 Å². The second-order valence-corrected chi connectivity index (χ2v) is 4.87. The number of amides is 1. The van der Waals surface area contributed by atoms with E-state index in [-0.39, 0.29) is 28.5 Å². The molecule has 0 fully saturated rings. The Kier molecular flexibility index (Phi) is 3.03. The molecule has 2 heterocycles. The number of rotatable bonds is 3.